The Morgan fingerprint density at radius 2 is 0.525 bits per heavy atom. The molecule has 15 rings (SSSR count). The van der Waals surface area contributed by atoms with E-state index in [4.69, 9.17) is 52.8 Å². The van der Waals surface area contributed by atoms with Crippen molar-refractivity contribution in [3.05, 3.63) is 244 Å². The zero-order chi connectivity index (χ0) is 84.6. The van der Waals surface area contributed by atoms with E-state index in [0.717, 1.165) is 97.6 Å². The maximum absolute atomic E-state index is 14.6. The number of rotatable bonds is 44. The molecule has 0 aliphatic carbocycles. The molecule has 11 aromatic rings. The van der Waals surface area contributed by atoms with Crippen molar-refractivity contribution in [3.63, 3.8) is 0 Å². The van der Waals surface area contributed by atoms with Crippen molar-refractivity contribution in [3.8, 4) is 79.0 Å². The summed E-state index contributed by atoms with van der Waals surface area (Å²) in [6.07, 6.45) is 11.9. The van der Waals surface area contributed by atoms with E-state index in [-0.39, 0.29) is 48.4 Å². The van der Waals surface area contributed by atoms with Crippen LogP contribution in [0, 0.1) is 0 Å². The molecular weight excluding hydrogens is 1540 g/mol. The number of imide groups is 4. The van der Waals surface area contributed by atoms with Crippen molar-refractivity contribution >= 4 is 68.8 Å². The Labute approximate surface area is 709 Å². The van der Waals surface area contributed by atoms with Crippen LogP contribution in [-0.4, -0.2) is 188 Å². The summed E-state index contributed by atoms with van der Waals surface area (Å²) in [6.45, 7) is 9.84. The number of carbonyl (C=O) groups is 8. The molecule has 0 radical (unpaired) electrons. The summed E-state index contributed by atoms with van der Waals surface area (Å²) in [5.41, 5.74) is 11.7. The molecule has 0 unspecified atom stereocenters. The first-order valence-electron chi connectivity index (χ1n) is 42.3. The van der Waals surface area contributed by atoms with Crippen LogP contribution in [0.2, 0.25) is 0 Å². The molecule has 8 amide bonds. The fraction of sp³-hybridized carbons (Fsp3) is 0.323. The summed E-state index contributed by atoms with van der Waals surface area (Å²) in [5.74, 6) is -2.54. The lowest BCUT2D eigenvalue weighted by Crippen LogP contribution is -2.43. The van der Waals surface area contributed by atoms with E-state index in [9.17, 15) is 38.4 Å². The summed E-state index contributed by atoms with van der Waals surface area (Å²) in [5, 5.41) is 1.32. The minimum absolute atomic E-state index is 0.0638. The smallest absolute Gasteiger partial charge is 0.261 e. The Hall–Kier alpha value is -12.4. The van der Waals surface area contributed by atoms with Crippen molar-refractivity contribution < 1.29 is 76.3 Å². The van der Waals surface area contributed by atoms with Crippen molar-refractivity contribution in [2.45, 2.75) is 104 Å². The van der Waals surface area contributed by atoms with Gasteiger partial charge >= 0.3 is 0 Å². The van der Waals surface area contributed by atoms with Gasteiger partial charge in [0.15, 0.2) is 0 Å². The predicted octanol–water partition coefficient (Wildman–Crippen LogP) is 17.8. The van der Waals surface area contributed by atoms with Gasteiger partial charge in [-0.15, -0.1) is 0 Å². The van der Waals surface area contributed by atoms with E-state index in [0.29, 0.717) is 193 Å². The lowest BCUT2D eigenvalue weighted by atomic mass is 9.85. The largest absolute Gasteiger partial charge is 0.491 e. The Balaban J connectivity index is 0.708. The normalized spacial score (nSPS) is 13.6. The van der Waals surface area contributed by atoms with Gasteiger partial charge in [-0.25, -0.2) is 15.0 Å². The SMILES string of the molecule is CCCCCCCCN1C(=O)c2ccc3c4c(ccc(c24)C1=O)C(=O)N(Cc1ccc(-c2cc(-c4ccc(OCCOCCOCCOC)cc4)cc(-c4cccc(-c5cc(-c6ccc(OCCOCCOCCOC)cc6)cc(-c6ccc(CN7C(=O)c8ccc9c%10c(ccc(c8%10)C7=O)C(=O)N(CCCCCCCC)C9=O)cc6)n5)n4)n2)cc1)C3=O. The first-order valence-corrected chi connectivity index (χ1v) is 42.3. The number of hydrogen-bond acceptors (Lipinski definition) is 19. The van der Waals surface area contributed by atoms with Crippen LogP contribution in [0.4, 0.5) is 0 Å². The third kappa shape index (κ3) is 18.7. The second-order valence-corrected chi connectivity index (χ2v) is 30.8. The molecule has 0 spiro atoms. The first kappa shape index (κ1) is 84.7. The Bertz CT molecular complexity index is 5230. The quantitative estimate of drug-likeness (QED) is 0.0254. The lowest BCUT2D eigenvalue weighted by Gasteiger charge is -2.32. The highest BCUT2D eigenvalue weighted by molar-refractivity contribution is 6.35. The number of benzene rings is 8. The molecule has 23 nitrogen and oxygen atoms in total. The van der Waals surface area contributed by atoms with E-state index in [1.807, 2.05) is 140 Å². The van der Waals surface area contributed by atoms with Crippen molar-refractivity contribution in [2.24, 2.45) is 0 Å². The molecule has 122 heavy (non-hydrogen) atoms. The molecule has 0 N–H and O–H groups in total. The molecule has 4 aliphatic heterocycles. The molecule has 626 valence electrons. The molecule has 23 heteroatoms. The van der Waals surface area contributed by atoms with Crippen LogP contribution in [0.25, 0.3) is 89.1 Å². The zero-order valence-corrected chi connectivity index (χ0v) is 69.4. The number of carbonyl (C=O) groups excluding carboxylic acids is 8. The van der Waals surface area contributed by atoms with Gasteiger partial charge in [0.1, 0.15) is 24.7 Å². The summed E-state index contributed by atoms with van der Waals surface area (Å²) < 4.78 is 44.9. The van der Waals surface area contributed by atoms with E-state index in [1.54, 1.807) is 62.8 Å². The maximum Gasteiger partial charge on any atom is 0.261 e. The minimum Gasteiger partial charge on any atom is -0.491 e. The molecule has 7 heterocycles. The first-order chi connectivity index (χ1) is 59.7. The van der Waals surface area contributed by atoms with Gasteiger partial charge in [0.2, 0.25) is 0 Å². The number of unbranched alkanes of at least 4 members (excludes halogenated alkanes) is 10. The number of ether oxygens (including phenoxy) is 8. The van der Waals surface area contributed by atoms with Gasteiger partial charge < -0.3 is 37.9 Å². The standard InChI is InChI=1S/C99H99N7O16/c1-5-7-9-11-13-15-44-103-92(107)74-36-40-78-90-79(41-37-75(88(74)90)93(103)108)97(112)105(96(78)111)62-64-20-24-68(25-21-64)84-58-70(66-28-32-72(33-29-66)121-56-54-119-52-50-117-48-46-115-3)60-86(101-84)82-18-17-19-83(100-82)87-61-71(67-30-34-73(35-31-67)122-57-55-120-53-51-118-49-47-116-4)59-85(102-87)69-26-22-65(23-27-69)63-106-98(113)80-42-38-76-89-77(39-43-81(91(80)89)99(106)114)95(110)104(94(76)109)45-16-14-12-10-8-6-2/h17-43,58-61H,5-16,44-57,62-63H2,1-4H3. The van der Waals surface area contributed by atoms with Crippen LogP contribution in [0.5, 0.6) is 11.5 Å². The molecule has 0 atom stereocenters. The zero-order valence-electron chi connectivity index (χ0n) is 69.4. The van der Waals surface area contributed by atoms with Crippen LogP contribution in [0.1, 0.15) is 185 Å². The van der Waals surface area contributed by atoms with Crippen LogP contribution in [0.3, 0.4) is 0 Å². The van der Waals surface area contributed by atoms with Crippen LogP contribution >= 0.6 is 0 Å². The van der Waals surface area contributed by atoms with Gasteiger partial charge in [0, 0.05) is 104 Å². The second-order valence-electron chi connectivity index (χ2n) is 30.8. The Morgan fingerprint density at radius 1 is 0.254 bits per heavy atom. The van der Waals surface area contributed by atoms with Gasteiger partial charge in [0.25, 0.3) is 47.3 Å². The second kappa shape index (κ2) is 39.9. The number of amides is 8. The monoisotopic (exact) mass is 1640 g/mol. The molecule has 0 saturated heterocycles. The van der Waals surface area contributed by atoms with Gasteiger partial charge in [0.05, 0.1) is 113 Å². The Morgan fingerprint density at radius 3 is 0.844 bits per heavy atom. The molecule has 4 aliphatic rings. The molecule has 0 fully saturated rings. The van der Waals surface area contributed by atoms with Gasteiger partial charge in [-0.3, -0.25) is 58.0 Å². The number of hydrogen-bond donors (Lipinski definition) is 0. The van der Waals surface area contributed by atoms with E-state index in [2.05, 4.69) is 13.8 Å². The molecular formula is C99H99N7O16. The third-order valence-electron chi connectivity index (χ3n) is 22.7. The topological polar surface area (TPSA) is 262 Å². The average Bonchev–Trinajstić information content (AvgIpc) is 0.716. The predicted molar refractivity (Wildman–Crippen MR) is 464 cm³/mol. The highest BCUT2D eigenvalue weighted by Crippen LogP contribution is 2.43. The van der Waals surface area contributed by atoms with Crippen LogP contribution in [0.15, 0.2) is 188 Å². The van der Waals surface area contributed by atoms with Gasteiger partial charge in [-0.05, 0) is 155 Å². The highest BCUT2D eigenvalue weighted by Gasteiger charge is 2.42. The summed E-state index contributed by atoms with van der Waals surface area (Å²) >= 11 is 0. The summed E-state index contributed by atoms with van der Waals surface area (Å²) in [4.78, 5) is 136. The number of aromatic nitrogens is 3. The molecule has 8 aromatic carbocycles. The van der Waals surface area contributed by atoms with Crippen LogP contribution in [-0.2, 0) is 41.5 Å². The number of pyridine rings is 3. The fourth-order valence-corrected chi connectivity index (χ4v) is 16.2. The third-order valence-corrected chi connectivity index (χ3v) is 22.7. The number of methoxy groups -OCH3 is 2. The molecule has 3 aromatic heterocycles. The van der Waals surface area contributed by atoms with Crippen molar-refractivity contribution in [2.75, 3.05) is 107 Å². The fourth-order valence-electron chi connectivity index (χ4n) is 16.2. The lowest BCUT2D eigenvalue weighted by molar-refractivity contribution is 0.0180. The minimum atomic E-state index is -0.532. The number of nitrogens with zero attached hydrogens (tertiary/aromatic N) is 7. The molecule has 0 saturated carbocycles. The van der Waals surface area contributed by atoms with Crippen molar-refractivity contribution in [1.29, 1.82) is 0 Å². The average molecular weight is 1640 g/mol. The van der Waals surface area contributed by atoms with Gasteiger partial charge in [-0.1, -0.05) is 157 Å². The summed E-state index contributed by atoms with van der Waals surface area (Å²) in [7, 11) is 3.25. The van der Waals surface area contributed by atoms with Crippen molar-refractivity contribution in [1.82, 2.24) is 34.6 Å². The van der Waals surface area contributed by atoms with E-state index >= 15 is 0 Å². The van der Waals surface area contributed by atoms with Crippen LogP contribution < -0.4 is 9.47 Å². The summed E-state index contributed by atoms with van der Waals surface area (Å²) in [6, 6.07) is 57.1. The Kier molecular flexibility index (Phi) is 27.7. The maximum atomic E-state index is 14.6. The highest BCUT2D eigenvalue weighted by atomic mass is 16.6. The van der Waals surface area contributed by atoms with Gasteiger partial charge in [-0.2, -0.15) is 0 Å². The molecule has 0 bridgehead atoms. The van der Waals surface area contributed by atoms with E-state index in [1.165, 1.54) is 19.6 Å². The van der Waals surface area contributed by atoms with E-state index < -0.39 is 47.3 Å².